The van der Waals surface area contributed by atoms with Crippen molar-refractivity contribution in [2.45, 2.75) is 26.2 Å². The highest BCUT2D eigenvalue weighted by Gasteiger charge is 2.41. The molecular weight excluding hydrogens is 244 g/mol. The summed E-state index contributed by atoms with van der Waals surface area (Å²) in [5.41, 5.74) is 0.0942. The van der Waals surface area contributed by atoms with E-state index in [0.29, 0.717) is 32.4 Å². The van der Waals surface area contributed by atoms with Gasteiger partial charge in [0.05, 0.1) is 5.41 Å². The van der Waals surface area contributed by atoms with E-state index in [4.69, 9.17) is 5.11 Å². The molecule has 1 fully saturated rings. The summed E-state index contributed by atoms with van der Waals surface area (Å²) in [5, 5.41) is 9.13. The van der Waals surface area contributed by atoms with E-state index in [9.17, 15) is 9.59 Å². The monoisotopic (exact) mass is 262 g/mol. The Morgan fingerprint density at radius 2 is 2.26 bits per heavy atom. The van der Waals surface area contributed by atoms with Crippen LogP contribution in [-0.2, 0) is 16.0 Å². The molecule has 19 heavy (non-hydrogen) atoms. The molecule has 0 saturated carbocycles. The van der Waals surface area contributed by atoms with Crippen molar-refractivity contribution in [3.63, 3.8) is 0 Å². The van der Waals surface area contributed by atoms with Gasteiger partial charge >= 0.3 is 5.97 Å². The van der Waals surface area contributed by atoms with Crippen molar-refractivity contribution in [2.75, 3.05) is 13.1 Å². The van der Waals surface area contributed by atoms with Gasteiger partial charge in [-0.1, -0.05) is 6.07 Å². The van der Waals surface area contributed by atoms with Crippen LogP contribution in [0.3, 0.4) is 0 Å². The topological polar surface area (TPSA) is 70.5 Å². The first-order chi connectivity index (χ1) is 9.01. The number of likely N-dealkylation sites (tertiary alicyclic amines) is 1. The molecule has 1 aliphatic rings. The maximum atomic E-state index is 12.0. The van der Waals surface area contributed by atoms with E-state index < -0.39 is 11.4 Å². The third-order valence-corrected chi connectivity index (χ3v) is 3.66. The van der Waals surface area contributed by atoms with Gasteiger partial charge in [-0.2, -0.15) is 0 Å². The van der Waals surface area contributed by atoms with Gasteiger partial charge in [0.1, 0.15) is 0 Å². The van der Waals surface area contributed by atoms with Crippen LogP contribution >= 0.6 is 0 Å². The average molecular weight is 262 g/mol. The predicted octanol–water partition coefficient (Wildman–Crippen LogP) is 1.34. The molecule has 0 radical (unpaired) electrons. The molecule has 1 amide bonds. The van der Waals surface area contributed by atoms with Gasteiger partial charge in [0.25, 0.3) is 0 Å². The van der Waals surface area contributed by atoms with Crippen LogP contribution < -0.4 is 0 Å². The lowest BCUT2D eigenvalue weighted by atomic mass is 9.90. The molecular formula is C14H18N2O3. The quantitative estimate of drug-likeness (QED) is 0.888. The number of aromatic nitrogens is 1. The third-order valence-electron chi connectivity index (χ3n) is 3.66. The van der Waals surface area contributed by atoms with E-state index in [1.807, 2.05) is 18.2 Å². The van der Waals surface area contributed by atoms with E-state index >= 15 is 0 Å². The maximum absolute atomic E-state index is 12.0. The van der Waals surface area contributed by atoms with Crippen LogP contribution in [0.4, 0.5) is 0 Å². The highest BCUT2D eigenvalue weighted by Crippen LogP contribution is 2.30. The van der Waals surface area contributed by atoms with E-state index in [2.05, 4.69) is 4.98 Å². The minimum atomic E-state index is -0.826. The summed E-state index contributed by atoms with van der Waals surface area (Å²) in [7, 11) is 0. The van der Waals surface area contributed by atoms with Gasteiger partial charge in [-0.05, 0) is 31.9 Å². The van der Waals surface area contributed by atoms with Crippen molar-refractivity contribution in [3.8, 4) is 0 Å². The molecule has 1 saturated heterocycles. The van der Waals surface area contributed by atoms with Crippen molar-refractivity contribution in [1.82, 2.24) is 9.88 Å². The van der Waals surface area contributed by atoms with Crippen molar-refractivity contribution >= 4 is 11.9 Å². The van der Waals surface area contributed by atoms with Gasteiger partial charge < -0.3 is 10.0 Å². The Balaban J connectivity index is 1.87. The first-order valence-corrected chi connectivity index (χ1v) is 6.42. The second kappa shape index (κ2) is 5.38. The molecule has 0 aliphatic carbocycles. The average Bonchev–Trinajstić information content (AvgIpc) is 2.81. The fourth-order valence-corrected chi connectivity index (χ4v) is 2.29. The molecule has 5 nitrogen and oxygen atoms in total. The summed E-state index contributed by atoms with van der Waals surface area (Å²) < 4.78 is 0. The molecule has 0 spiro atoms. The minimum absolute atomic E-state index is 0.00984. The van der Waals surface area contributed by atoms with Crippen LogP contribution in [-0.4, -0.2) is 40.0 Å². The zero-order chi connectivity index (χ0) is 13.9. The lowest BCUT2D eigenvalue weighted by molar-refractivity contribution is -0.147. The predicted molar refractivity (Wildman–Crippen MR) is 69.5 cm³/mol. The minimum Gasteiger partial charge on any atom is -0.481 e. The Bertz CT molecular complexity index is 475. The zero-order valence-electron chi connectivity index (χ0n) is 11.0. The van der Waals surface area contributed by atoms with E-state index in [0.717, 1.165) is 5.69 Å². The second-order valence-corrected chi connectivity index (χ2v) is 5.25. The number of carboxylic acid groups (broad SMARTS) is 1. The molecule has 102 valence electrons. The molecule has 0 bridgehead atoms. The van der Waals surface area contributed by atoms with Crippen LogP contribution in [0.2, 0.25) is 0 Å². The van der Waals surface area contributed by atoms with Gasteiger partial charge in [-0.15, -0.1) is 0 Å². The number of carbonyl (C=O) groups is 2. The summed E-state index contributed by atoms with van der Waals surface area (Å²) in [6, 6.07) is 5.62. The van der Waals surface area contributed by atoms with E-state index in [-0.39, 0.29) is 5.91 Å². The smallest absolute Gasteiger partial charge is 0.311 e. The van der Waals surface area contributed by atoms with Gasteiger partial charge in [0.15, 0.2) is 0 Å². The lowest BCUT2D eigenvalue weighted by Gasteiger charge is -2.20. The number of aryl methyl sites for hydroxylation is 1. The van der Waals surface area contributed by atoms with Crippen molar-refractivity contribution in [3.05, 3.63) is 30.1 Å². The number of nitrogens with zero attached hydrogens (tertiary/aromatic N) is 2. The number of hydrogen-bond donors (Lipinski definition) is 1. The summed E-state index contributed by atoms with van der Waals surface area (Å²) in [4.78, 5) is 29.0. The number of hydrogen-bond acceptors (Lipinski definition) is 3. The maximum Gasteiger partial charge on any atom is 0.311 e. The molecule has 1 aromatic heterocycles. The molecule has 1 N–H and O–H groups in total. The summed E-state index contributed by atoms with van der Waals surface area (Å²) in [6.07, 6.45) is 3.21. The first kappa shape index (κ1) is 13.5. The lowest BCUT2D eigenvalue weighted by Crippen LogP contribution is -2.34. The summed E-state index contributed by atoms with van der Waals surface area (Å²) in [6.45, 7) is 2.54. The first-order valence-electron chi connectivity index (χ1n) is 6.42. The number of carbonyl (C=O) groups excluding carboxylic acids is 1. The third kappa shape index (κ3) is 3.10. The van der Waals surface area contributed by atoms with Crippen LogP contribution in [0.15, 0.2) is 24.4 Å². The molecule has 1 atom stereocenters. The molecule has 1 aliphatic heterocycles. The van der Waals surface area contributed by atoms with Gasteiger partial charge in [-0.3, -0.25) is 14.6 Å². The Morgan fingerprint density at radius 3 is 2.84 bits per heavy atom. The van der Waals surface area contributed by atoms with Crippen molar-refractivity contribution in [2.24, 2.45) is 5.41 Å². The SMILES string of the molecule is CC1(C(=O)O)CCN(C(=O)CCc2ccccn2)C1. The Kier molecular flexibility index (Phi) is 3.83. The number of pyridine rings is 1. The standard InChI is InChI=1S/C14H18N2O3/c1-14(13(18)19)7-9-16(10-14)12(17)6-5-11-4-2-3-8-15-11/h2-4,8H,5-7,9-10H2,1H3,(H,18,19). The Morgan fingerprint density at radius 1 is 1.47 bits per heavy atom. The largest absolute Gasteiger partial charge is 0.481 e. The Hall–Kier alpha value is -1.91. The normalized spacial score (nSPS) is 22.5. The van der Waals surface area contributed by atoms with Crippen molar-refractivity contribution in [1.29, 1.82) is 0 Å². The second-order valence-electron chi connectivity index (χ2n) is 5.25. The number of rotatable bonds is 4. The zero-order valence-corrected chi connectivity index (χ0v) is 11.0. The van der Waals surface area contributed by atoms with E-state index in [1.165, 1.54) is 0 Å². The molecule has 2 heterocycles. The van der Waals surface area contributed by atoms with Crippen LogP contribution in [0.5, 0.6) is 0 Å². The molecule has 1 unspecified atom stereocenters. The number of carboxylic acids is 1. The number of aliphatic carboxylic acids is 1. The van der Waals surface area contributed by atoms with Crippen LogP contribution in [0.25, 0.3) is 0 Å². The van der Waals surface area contributed by atoms with E-state index in [1.54, 1.807) is 18.0 Å². The molecule has 0 aromatic carbocycles. The highest BCUT2D eigenvalue weighted by molar-refractivity contribution is 5.80. The fourth-order valence-electron chi connectivity index (χ4n) is 2.29. The molecule has 1 aromatic rings. The summed E-state index contributed by atoms with van der Waals surface area (Å²) >= 11 is 0. The molecule has 5 heteroatoms. The van der Waals surface area contributed by atoms with Gasteiger partial charge in [-0.25, -0.2) is 0 Å². The molecule has 2 rings (SSSR count). The fraction of sp³-hybridized carbons (Fsp3) is 0.500. The van der Waals surface area contributed by atoms with Gasteiger partial charge in [0, 0.05) is 31.4 Å². The Labute approximate surface area is 112 Å². The van der Waals surface area contributed by atoms with Crippen LogP contribution in [0, 0.1) is 5.41 Å². The summed E-state index contributed by atoms with van der Waals surface area (Å²) in [5.74, 6) is -0.817. The van der Waals surface area contributed by atoms with Crippen molar-refractivity contribution < 1.29 is 14.7 Å². The van der Waals surface area contributed by atoms with Gasteiger partial charge in [0.2, 0.25) is 5.91 Å². The highest BCUT2D eigenvalue weighted by atomic mass is 16.4. The van der Waals surface area contributed by atoms with Crippen LogP contribution in [0.1, 0.15) is 25.5 Å². The number of amides is 1.